The topological polar surface area (TPSA) is 21.3 Å². The number of anilines is 2. The van der Waals surface area contributed by atoms with Crippen LogP contribution in [0.3, 0.4) is 0 Å². The van der Waals surface area contributed by atoms with Gasteiger partial charge in [-0.2, -0.15) is 0 Å². The molecule has 0 saturated carbocycles. The van der Waals surface area contributed by atoms with E-state index in [2.05, 4.69) is 79.8 Å². The van der Waals surface area contributed by atoms with Crippen molar-refractivity contribution in [3.63, 3.8) is 0 Å². The first-order valence-corrected chi connectivity index (χ1v) is 8.40. The minimum absolute atomic E-state index is 0.871. The molecule has 0 aliphatic rings. The lowest BCUT2D eigenvalue weighted by Gasteiger charge is -2.10. The second-order valence-electron chi connectivity index (χ2n) is 6.18. The van der Waals surface area contributed by atoms with Crippen LogP contribution >= 0.6 is 0 Å². The minimum atomic E-state index is 0.871. The maximum Gasteiger partial charge on any atom is 0.119 e. The standard InChI is InChI=1S/C23H23NO/c1-17-7-14-23(18(2)15-17)24-21-12-10-19(11-13-21)8-9-20-5-4-6-22(16-20)25-3/h4-16,24H,1-3H3. The number of benzene rings is 3. The molecule has 0 aromatic heterocycles. The first-order valence-electron chi connectivity index (χ1n) is 8.40. The highest BCUT2D eigenvalue weighted by Crippen LogP contribution is 2.22. The summed E-state index contributed by atoms with van der Waals surface area (Å²) in [6.07, 6.45) is 4.20. The molecule has 0 spiro atoms. The highest BCUT2D eigenvalue weighted by atomic mass is 16.5. The lowest BCUT2D eigenvalue weighted by Crippen LogP contribution is -1.93. The zero-order chi connectivity index (χ0) is 17.6. The highest BCUT2D eigenvalue weighted by Gasteiger charge is 1.99. The van der Waals surface area contributed by atoms with Gasteiger partial charge in [-0.1, -0.05) is 54.1 Å². The van der Waals surface area contributed by atoms with Crippen molar-refractivity contribution >= 4 is 23.5 Å². The van der Waals surface area contributed by atoms with Crippen LogP contribution in [0.25, 0.3) is 12.2 Å². The van der Waals surface area contributed by atoms with Gasteiger partial charge in [-0.05, 0) is 60.9 Å². The summed E-state index contributed by atoms with van der Waals surface area (Å²) in [5.74, 6) is 0.871. The quantitative estimate of drug-likeness (QED) is 0.561. The third-order valence-electron chi connectivity index (χ3n) is 4.13. The summed E-state index contributed by atoms with van der Waals surface area (Å²) in [4.78, 5) is 0. The first-order chi connectivity index (χ1) is 12.1. The van der Waals surface area contributed by atoms with Crippen molar-refractivity contribution in [1.29, 1.82) is 0 Å². The molecular weight excluding hydrogens is 306 g/mol. The lowest BCUT2D eigenvalue weighted by atomic mass is 10.1. The van der Waals surface area contributed by atoms with Crippen LogP contribution in [0.2, 0.25) is 0 Å². The van der Waals surface area contributed by atoms with E-state index >= 15 is 0 Å². The van der Waals surface area contributed by atoms with E-state index in [9.17, 15) is 0 Å². The fourth-order valence-corrected chi connectivity index (χ4v) is 2.72. The SMILES string of the molecule is COc1cccc(C=Cc2ccc(Nc3ccc(C)cc3C)cc2)c1. The summed E-state index contributed by atoms with van der Waals surface area (Å²) in [7, 11) is 1.68. The molecule has 0 radical (unpaired) electrons. The molecule has 3 rings (SSSR count). The predicted octanol–water partition coefficient (Wildman–Crippen LogP) is 6.23. The lowest BCUT2D eigenvalue weighted by molar-refractivity contribution is 0.414. The van der Waals surface area contributed by atoms with Crippen LogP contribution in [0.1, 0.15) is 22.3 Å². The smallest absolute Gasteiger partial charge is 0.119 e. The molecule has 0 aliphatic heterocycles. The van der Waals surface area contributed by atoms with Crippen LogP contribution in [-0.2, 0) is 0 Å². The molecule has 0 bridgehead atoms. The molecule has 0 aliphatic carbocycles. The van der Waals surface area contributed by atoms with E-state index in [1.807, 2.05) is 18.2 Å². The molecule has 0 fully saturated rings. The van der Waals surface area contributed by atoms with E-state index in [0.717, 1.165) is 28.3 Å². The maximum absolute atomic E-state index is 5.25. The summed E-state index contributed by atoms with van der Waals surface area (Å²) >= 11 is 0. The van der Waals surface area contributed by atoms with Crippen molar-refractivity contribution in [2.24, 2.45) is 0 Å². The van der Waals surface area contributed by atoms with E-state index in [0.29, 0.717) is 0 Å². The first kappa shape index (κ1) is 16.8. The third kappa shape index (κ3) is 4.51. The van der Waals surface area contributed by atoms with Gasteiger partial charge >= 0.3 is 0 Å². The number of aryl methyl sites for hydroxylation is 2. The summed E-state index contributed by atoms with van der Waals surface area (Å²) in [5.41, 5.74) is 7.05. The van der Waals surface area contributed by atoms with Crippen molar-refractivity contribution in [3.05, 3.63) is 89.0 Å². The molecule has 25 heavy (non-hydrogen) atoms. The van der Waals surface area contributed by atoms with Gasteiger partial charge in [0.25, 0.3) is 0 Å². The molecule has 0 unspecified atom stereocenters. The maximum atomic E-state index is 5.25. The van der Waals surface area contributed by atoms with Gasteiger partial charge in [0.2, 0.25) is 0 Å². The van der Waals surface area contributed by atoms with Gasteiger partial charge in [0.15, 0.2) is 0 Å². The van der Waals surface area contributed by atoms with Crippen LogP contribution in [-0.4, -0.2) is 7.11 Å². The van der Waals surface area contributed by atoms with Crippen molar-refractivity contribution < 1.29 is 4.74 Å². The number of ether oxygens (including phenoxy) is 1. The van der Waals surface area contributed by atoms with E-state index in [-0.39, 0.29) is 0 Å². The highest BCUT2D eigenvalue weighted by molar-refractivity contribution is 5.72. The molecule has 3 aromatic rings. The Morgan fingerprint density at radius 2 is 1.56 bits per heavy atom. The van der Waals surface area contributed by atoms with E-state index in [4.69, 9.17) is 4.74 Å². The molecule has 0 atom stereocenters. The van der Waals surface area contributed by atoms with Gasteiger partial charge in [0.05, 0.1) is 7.11 Å². The molecular formula is C23H23NO. The zero-order valence-corrected chi connectivity index (χ0v) is 14.9. The molecule has 0 heterocycles. The Balaban J connectivity index is 1.70. The van der Waals surface area contributed by atoms with Gasteiger partial charge in [-0.3, -0.25) is 0 Å². The predicted molar refractivity (Wildman–Crippen MR) is 108 cm³/mol. The Hall–Kier alpha value is -3.00. The van der Waals surface area contributed by atoms with Crippen molar-refractivity contribution in [1.82, 2.24) is 0 Å². The summed E-state index contributed by atoms with van der Waals surface area (Å²) in [5, 5.41) is 3.47. The number of methoxy groups -OCH3 is 1. The second-order valence-corrected chi connectivity index (χ2v) is 6.18. The van der Waals surface area contributed by atoms with Gasteiger partial charge in [0.1, 0.15) is 5.75 Å². The number of nitrogens with one attached hydrogen (secondary N) is 1. The van der Waals surface area contributed by atoms with Crippen LogP contribution in [0.5, 0.6) is 5.75 Å². The van der Waals surface area contributed by atoms with E-state index in [1.165, 1.54) is 11.1 Å². The van der Waals surface area contributed by atoms with Crippen molar-refractivity contribution in [3.8, 4) is 5.75 Å². The Bertz CT molecular complexity index is 879. The third-order valence-corrected chi connectivity index (χ3v) is 4.13. The van der Waals surface area contributed by atoms with Crippen LogP contribution in [0.4, 0.5) is 11.4 Å². The van der Waals surface area contributed by atoms with Crippen LogP contribution in [0, 0.1) is 13.8 Å². The number of hydrogen-bond acceptors (Lipinski definition) is 2. The van der Waals surface area contributed by atoms with Crippen molar-refractivity contribution in [2.75, 3.05) is 12.4 Å². The fourth-order valence-electron chi connectivity index (χ4n) is 2.72. The van der Waals surface area contributed by atoms with Gasteiger partial charge < -0.3 is 10.1 Å². The Kier molecular flexibility index (Phi) is 5.20. The molecule has 126 valence electrons. The van der Waals surface area contributed by atoms with E-state index in [1.54, 1.807) is 7.11 Å². The van der Waals surface area contributed by atoms with Crippen LogP contribution in [0.15, 0.2) is 66.7 Å². The Labute approximate surface area is 149 Å². The van der Waals surface area contributed by atoms with Crippen LogP contribution < -0.4 is 10.1 Å². The Morgan fingerprint density at radius 1 is 0.800 bits per heavy atom. The van der Waals surface area contributed by atoms with Gasteiger partial charge in [-0.25, -0.2) is 0 Å². The molecule has 1 N–H and O–H groups in total. The molecule has 0 amide bonds. The molecule has 2 nitrogen and oxygen atoms in total. The van der Waals surface area contributed by atoms with E-state index < -0.39 is 0 Å². The summed E-state index contributed by atoms with van der Waals surface area (Å²) < 4.78 is 5.25. The average Bonchev–Trinajstić information content (AvgIpc) is 2.63. The molecule has 0 saturated heterocycles. The number of hydrogen-bond donors (Lipinski definition) is 1. The second kappa shape index (κ2) is 7.71. The largest absolute Gasteiger partial charge is 0.497 e. The van der Waals surface area contributed by atoms with Gasteiger partial charge in [-0.15, -0.1) is 0 Å². The van der Waals surface area contributed by atoms with Crippen molar-refractivity contribution in [2.45, 2.75) is 13.8 Å². The summed E-state index contributed by atoms with van der Waals surface area (Å²) in [6, 6.07) is 22.9. The molecule has 2 heteroatoms. The average molecular weight is 329 g/mol. The normalized spacial score (nSPS) is 10.8. The molecule has 3 aromatic carbocycles. The minimum Gasteiger partial charge on any atom is -0.497 e. The van der Waals surface area contributed by atoms with Gasteiger partial charge in [0, 0.05) is 11.4 Å². The monoisotopic (exact) mass is 329 g/mol. The fraction of sp³-hybridized carbons (Fsp3) is 0.130. The zero-order valence-electron chi connectivity index (χ0n) is 14.9. The summed E-state index contributed by atoms with van der Waals surface area (Å²) in [6.45, 7) is 4.24. The Morgan fingerprint density at radius 3 is 2.28 bits per heavy atom. The number of rotatable bonds is 5.